The van der Waals surface area contributed by atoms with E-state index in [1.807, 2.05) is 19.2 Å². The standard InChI is InChI=1S/C25H35N5O2/c1-4-26-25(28-16-19-8-9-27-24(13-19)30-10-6-7-11-30)29-17-21-15-23-20(12-18(3)32-23)14-22(21)31-5-2/h8-9,13-15,18H,4-7,10-12,16-17H2,1-3H3,(H2,26,28,29). The molecule has 1 fully saturated rings. The van der Waals surface area contributed by atoms with Gasteiger partial charge in [-0.05, 0) is 63.4 Å². The number of nitrogens with zero attached hydrogens (tertiary/aromatic N) is 3. The van der Waals surface area contributed by atoms with Crippen molar-refractivity contribution in [2.75, 3.05) is 31.1 Å². The van der Waals surface area contributed by atoms with Gasteiger partial charge in [0, 0.05) is 49.9 Å². The fraction of sp³-hybridized carbons (Fsp3) is 0.520. The van der Waals surface area contributed by atoms with Crippen LogP contribution in [0.15, 0.2) is 35.5 Å². The number of anilines is 1. The molecule has 3 heterocycles. The van der Waals surface area contributed by atoms with E-state index < -0.39 is 0 Å². The Labute approximate surface area is 191 Å². The predicted molar refractivity (Wildman–Crippen MR) is 129 cm³/mol. The van der Waals surface area contributed by atoms with Crippen molar-refractivity contribution in [3.8, 4) is 11.5 Å². The van der Waals surface area contributed by atoms with Crippen LogP contribution < -0.4 is 25.0 Å². The zero-order valence-corrected chi connectivity index (χ0v) is 19.5. The van der Waals surface area contributed by atoms with Gasteiger partial charge in [0.05, 0.1) is 13.2 Å². The first-order valence-corrected chi connectivity index (χ1v) is 11.8. The number of rotatable bonds is 8. The predicted octanol–water partition coefficient (Wildman–Crippen LogP) is 3.66. The minimum absolute atomic E-state index is 0.215. The highest BCUT2D eigenvalue weighted by molar-refractivity contribution is 5.79. The van der Waals surface area contributed by atoms with Crippen molar-refractivity contribution in [3.63, 3.8) is 0 Å². The Hall–Kier alpha value is -2.96. The number of aromatic nitrogens is 1. The molecule has 0 aliphatic carbocycles. The van der Waals surface area contributed by atoms with Crippen molar-refractivity contribution in [2.24, 2.45) is 4.99 Å². The SMILES string of the molecule is CCNC(=NCc1ccnc(N2CCCC2)c1)NCc1cc2c(cc1OCC)CC(C)O2. The lowest BCUT2D eigenvalue weighted by Gasteiger charge is -2.17. The Balaban J connectivity index is 1.44. The molecule has 1 atom stereocenters. The lowest BCUT2D eigenvalue weighted by molar-refractivity contribution is 0.254. The van der Waals surface area contributed by atoms with E-state index in [9.17, 15) is 0 Å². The monoisotopic (exact) mass is 437 g/mol. The molecule has 1 aromatic carbocycles. The third-order valence-electron chi connectivity index (χ3n) is 5.83. The van der Waals surface area contributed by atoms with E-state index >= 15 is 0 Å². The van der Waals surface area contributed by atoms with Crippen molar-refractivity contribution in [1.82, 2.24) is 15.6 Å². The summed E-state index contributed by atoms with van der Waals surface area (Å²) in [4.78, 5) is 11.7. The highest BCUT2D eigenvalue weighted by Crippen LogP contribution is 2.35. The van der Waals surface area contributed by atoms with Gasteiger partial charge in [0.2, 0.25) is 0 Å². The van der Waals surface area contributed by atoms with Gasteiger partial charge in [-0.3, -0.25) is 0 Å². The van der Waals surface area contributed by atoms with Crippen LogP contribution in [0.25, 0.3) is 0 Å². The van der Waals surface area contributed by atoms with E-state index in [4.69, 9.17) is 14.5 Å². The summed E-state index contributed by atoms with van der Waals surface area (Å²) in [6.45, 7) is 11.0. The largest absolute Gasteiger partial charge is 0.494 e. The number of ether oxygens (including phenoxy) is 2. The molecule has 172 valence electrons. The number of guanidine groups is 1. The fourth-order valence-electron chi connectivity index (χ4n) is 4.28. The Morgan fingerprint density at radius 2 is 2.06 bits per heavy atom. The average molecular weight is 438 g/mol. The summed E-state index contributed by atoms with van der Waals surface area (Å²) < 4.78 is 11.9. The third kappa shape index (κ3) is 5.44. The fourth-order valence-corrected chi connectivity index (χ4v) is 4.28. The molecule has 7 heteroatoms. The maximum Gasteiger partial charge on any atom is 0.191 e. The van der Waals surface area contributed by atoms with E-state index in [1.54, 1.807) is 0 Å². The number of fused-ring (bicyclic) bond motifs is 1. The summed E-state index contributed by atoms with van der Waals surface area (Å²) in [5, 5.41) is 6.80. The second-order valence-electron chi connectivity index (χ2n) is 8.40. The molecular formula is C25H35N5O2. The molecule has 1 unspecified atom stereocenters. The van der Waals surface area contributed by atoms with E-state index in [0.717, 1.165) is 60.5 Å². The Morgan fingerprint density at radius 3 is 2.84 bits per heavy atom. The van der Waals surface area contributed by atoms with Crippen LogP contribution in [-0.4, -0.2) is 43.3 Å². The molecule has 0 amide bonds. The summed E-state index contributed by atoms with van der Waals surface area (Å²) in [6, 6.07) is 8.43. The molecule has 0 saturated carbocycles. The maximum absolute atomic E-state index is 5.95. The quantitative estimate of drug-likeness (QED) is 0.485. The van der Waals surface area contributed by atoms with Crippen LogP contribution in [0.3, 0.4) is 0 Å². The summed E-state index contributed by atoms with van der Waals surface area (Å²) in [7, 11) is 0. The van der Waals surface area contributed by atoms with Gasteiger partial charge in [0.1, 0.15) is 23.4 Å². The van der Waals surface area contributed by atoms with Crippen LogP contribution in [0.2, 0.25) is 0 Å². The van der Waals surface area contributed by atoms with Crippen molar-refractivity contribution in [3.05, 3.63) is 47.2 Å². The smallest absolute Gasteiger partial charge is 0.191 e. The molecule has 4 rings (SSSR count). The molecular weight excluding hydrogens is 402 g/mol. The first-order valence-electron chi connectivity index (χ1n) is 11.8. The highest BCUT2D eigenvalue weighted by Gasteiger charge is 2.22. The Bertz CT molecular complexity index is 940. The van der Waals surface area contributed by atoms with Crippen molar-refractivity contribution >= 4 is 11.8 Å². The number of hydrogen-bond acceptors (Lipinski definition) is 5. The van der Waals surface area contributed by atoms with Gasteiger partial charge in [0.15, 0.2) is 5.96 Å². The zero-order valence-electron chi connectivity index (χ0n) is 19.5. The molecule has 2 aliphatic rings. The lowest BCUT2D eigenvalue weighted by Crippen LogP contribution is -2.36. The Morgan fingerprint density at radius 1 is 1.22 bits per heavy atom. The molecule has 0 bridgehead atoms. The van der Waals surface area contributed by atoms with Gasteiger partial charge in [-0.25, -0.2) is 9.98 Å². The molecule has 32 heavy (non-hydrogen) atoms. The highest BCUT2D eigenvalue weighted by atomic mass is 16.5. The van der Waals surface area contributed by atoms with Crippen LogP contribution >= 0.6 is 0 Å². The van der Waals surface area contributed by atoms with E-state index in [0.29, 0.717) is 19.7 Å². The zero-order chi connectivity index (χ0) is 22.3. The summed E-state index contributed by atoms with van der Waals surface area (Å²) in [6.07, 6.45) is 5.52. The van der Waals surface area contributed by atoms with Gasteiger partial charge in [-0.2, -0.15) is 0 Å². The van der Waals surface area contributed by atoms with Crippen molar-refractivity contribution in [1.29, 1.82) is 0 Å². The maximum atomic E-state index is 5.95. The molecule has 1 aromatic heterocycles. The molecule has 2 aliphatic heterocycles. The van der Waals surface area contributed by atoms with Crippen LogP contribution in [0, 0.1) is 0 Å². The van der Waals surface area contributed by atoms with Gasteiger partial charge < -0.3 is 25.0 Å². The summed E-state index contributed by atoms with van der Waals surface area (Å²) >= 11 is 0. The first kappa shape index (κ1) is 22.2. The molecule has 7 nitrogen and oxygen atoms in total. The van der Waals surface area contributed by atoms with Crippen molar-refractivity contribution in [2.45, 2.75) is 59.2 Å². The molecule has 2 aromatic rings. The second-order valence-corrected chi connectivity index (χ2v) is 8.40. The number of hydrogen-bond donors (Lipinski definition) is 2. The van der Waals surface area contributed by atoms with Gasteiger partial charge >= 0.3 is 0 Å². The van der Waals surface area contributed by atoms with E-state index in [2.05, 4.69) is 52.6 Å². The van der Waals surface area contributed by atoms with E-state index in [-0.39, 0.29) is 6.10 Å². The summed E-state index contributed by atoms with van der Waals surface area (Å²) in [5.41, 5.74) is 3.45. The average Bonchev–Trinajstić information content (AvgIpc) is 3.45. The molecule has 2 N–H and O–H groups in total. The second kappa shape index (κ2) is 10.6. The third-order valence-corrected chi connectivity index (χ3v) is 5.83. The summed E-state index contributed by atoms with van der Waals surface area (Å²) in [5.74, 6) is 3.72. The molecule has 0 radical (unpaired) electrons. The van der Waals surface area contributed by atoms with Crippen LogP contribution in [0.5, 0.6) is 11.5 Å². The number of pyridine rings is 1. The topological polar surface area (TPSA) is 71.0 Å². The molecule has 1 saturated heterocycles. The molecule has 0 spiro atoms. The van der Waals surface area contributed by atoms with E-state index in [1.165, 1.54) is 18.4 Å². The van der Waals surface area contributed by atoms with Crippen LogP contribution in [-0.2, 0) is 19.5 Å². The van der Waals surface area contributed by atoms with Crippen molar-refractivity contribution < 1.29 is 9.47 Å². The van der Waals surface area contributed by atoms with Gasteiger partial charge in [-0.1, -0.05) is 0 Å². The minimum atomic E-state index is 0.215. The number of nitrogens with one attached hydrogen (secondary N) is 2. The number of benzene rings is 1. The normalized spacial score (nSPS) is 17.8. The van der Waals surface area contributed by atoms with Gasteiger partial charge in [0.25, 0.3) is 0 Å². The first-order chi connectivity index (χ1) is 15.7. The van der Waals surface area contributed by atoms with Gasteiger partial charge in [-0.15, -0.1) is 0 Å². The van der Waals surface area contributed by atoms with Crippen LogP contribution in [0.4, 0.5) is 5.82 Å². The minimum Gasteiger partial charge on any atom is -0.494 e. The van der Waals surface area contributed by atoms with Crippen LogP contribution in [0.1, 0.15) is 50.3 Å². The number of aliphatic imine (C=N–C) groups is 1. The lowest BCUT2D eigenvalue weighted by atomic mass is 10.1. The Kier molecular flexibility index (Phi) is 7.35.